The number of carboxylic acids is 1. The third-order valence-corrected chi connectivity index (χ3v) is 2.09. The molecule has 0 radical (unpaired) electrons. The van der Waals surface area contributed by atoms with Gasteiger partial charge in [0.05, 0.1) is 23.0 Å². The SMILES string of the molecule is Cc1nn(C)c(C(C)C(=O)O)c1N. The molecule has 0 aliphatic heterocycles. The highest BCUT2D eigenvalue weighted by atomic mass is 16.4. The van der Waals surface area contributed by atoms with E-state index in [-0.39, 0.29) is 0 Å². The van der Waals surface area contributed by atoms with Gasteiger partial charge in [0.2, 0.25) is 0 Å². The summed E-state index contributed by atoms with van der Waals surface area (Å²) in [5.74, 6) is -1.51. The van der Waals surface area contributed by atoms with Crippen LogP contribution < -0.4 is 5.73 Å². The number of nitrogens with two attached hydrogens (primary N) is 1. The van der Waals surface area contributed by atoms with E-state index >= 15 is 0 Å². The van der Waals surface area contributed by atoms with Crippen LogP contribution in [0.25, 0.3) is 0 Å². The lowest BCUT2D eigenvalue weighted by atomic mass is 10.1. The van der Waals surface area contributed by atoms with Crippen molar-refractivity contribution < 1.29 is 9.90 Å². The van der Waals surface area contributed by atoms with E-state index in [1.807, 2.05) is 0 Å². The van der Waals surface area contributed by atoms with Gasteiger partial charge in [0.25, 0.3) is 0 Å². The van der Waals surface area contributed by atoms with Crippen molar-refractivity contribution in [1.29, 1.82) is 0 Å². The molecule has 5 nitrogen and oxygen atoms in total. The average Bonchev–Trinajstić information content (AvgIpc) is 2.26. The highest BCUT2D eigenvalue weighted by molar-refractivity contribution is 5.77. The molecule has 0 spiro atoms. The Hall–Kier alpha value is -1.52. The molecule has 72 valence electrons. The molecule has 0 aliphatic carbocycles. The molecule has 0 amide bonds. The summed E-state index contributed by atoms with van der Waals surface area (Å²) in [5, 5.41) is 12.8. The Morgan fingerprint density at radius 2 is 2.23 bits per heavy atom. The first-order valence-electron chi connectivity index (χ1n) is 3.97. The summed E-state index contributed by atoms with van der Waals surface area (Å²) < 4.78 is 1.52. The van der Waals surface area contributed by atoms with Crippen LogP contribution in [0, 0.1) is 6.92 Å². The van der Waals surface area contributed by atoms with Gasteiger partial charge in [0, 0.05) is 7.05 Å². The molecule has 13 heavy (non-hydrogen) atoms. The molecule has 3 N–H and O–H groups in total. The largest absolute Gasteiger partial charge is 0.481 e. The lowest BCUT2D eigenvalue weighted by Crippen LogP contribution is -2.13. The van der Waals surface area contributed by atoms with E-state index in [4.69, 9.17) is 10.8 Å². The van der Waals surface area contributed by atoms with Crippen LogP contribution in [0.3, 0.4) is 0 Å². The second-order valence-electron chi connectivity index (χ2n) is 3.07. The predicted molar refractivity (Wildman–Crippen MR) is 48.4 cm³/mol. The van der Waals surface area contributed by atoms with Gasteiger partial charge >= 0.3 is 5.97 Å². The Bertz CT molecular complexity index is 343. The Labute approximate surface area is 76.2 Å². The van der Waals surface area contributed by atoms with Crippen molar-refractivity contribution >= 4 is 11.7 Å². The number of carboxylic acid groups (broad SMARTS) is 1. The number of aromatic nitrogens is 2. The van der Waals surface area contributed by atoms with E-state index < -0.39 is 11.9 Å². The number of nitrogens with zero attached hydrogens (tertiary/aromatic N) is 2. The zero-order valence-corrected chi connectivity index (χ0v) is 7.90. The molecule has 5 heteroatoms. The number of aryl methyl sites for hydroxylation is 2. The highest BCUT2D eigenvalue weighted by Crippen LogP contribution is 2.24. The number of nitrogen functional groups attached to an aromatic ring is 1. The van der Waals surface area contributed by atoms with Crippen molar-refractivity contribution in [3.05, 3.63) is 11.4 Å². The maximum absolute atomic E-state index is 10.7. The van der Waals surface area contributed by atoms with E-state index in [2.05, 4.69) is 5.10 Å². The first-order chi connectivity index (χ1) is 5.95. The summed E-state index contributed by atoms with van der Waals surface area (Å²) in [6.07, 6.45) is 0. The van der Waals surface area contributed by atoms with Gasteiger partial charge < -0.3 is 10.8 Å². The van der Waals surface area contributed by atoms with Crippen LogP contribution >= 0.6 is 0 Å². The maximum atomic E-state index is 10.7. The minimum Gasteiger partial charge on any atom is -0.481 e. The predicted octanol–water partition coefficient (Wildman–Crippen LogP) is 0.499. The molecule has 1 atom stereocenters. The van der Waals surface area contributed by atoms with Gasteiger partial charge in [0.1, 0.15) is 0 Å². The topological polar surface area (TPSA) is 81.1 Å². The molecule has 0 aliphatic rings. The molecule has 0 aromatic carbocycles. The average molecular weight is 183 g/mol. The summed E-state index contributed by atoms with van der Waals surface area (Å²) >= 11 is 0. The third-order valence-electron chi connectivity index (χ3n) is 2.09. The summed E-state index contributed by atoms with van der Waals surface area (Å²) in [5.41, 5.74) is 7.40. The normalized spacial score (nSPS) is 12.8. The van der Waals surface area contributed by atoms with Crippen molar-refractivity contribution in [2.24, 2.45) is 7.05 Å². The van der Waals surface area contributed by atoms with E-state index in [0.717, 1.165) is 0 Å². The smallest absolute Gasteiger partial charge is 0.312 e. The van der Waals surface area contributed by atoms with E-state index in [1.165, 1.54) is 4.68 Å². The lowest BCUT2D eigenvalue weighted by Gasteiger charge is -2.07. The van der Waals surface area contributed by atoms with Crippen molar-refractivity contribution in [1.82, 2.24) is 9.78 Å². The molecule has 0 fully saturated rings. The van der Waals surface area contributed by atoms with Gasteiger partial charge in [-0.3, -0.25) is 9.48 Å². The standard InChI is InChI=1S/C8H13N3O2/c1-4(8(12)13)7-6(9)5(2)10-11(7)3/h4H,9H2,1-3H3,(H,12,13). The molecule has 1 unspecified atom stereocenters. The number of hydrogen-bond donors (Lipinski definition) is 2. The van der Waals surface area contributed by atoms with Crippen LogP contribution in [-0.4, -0.2) is 20.9 Å². The van der Waals surface area contributed by atoms with Gasteiger partial charge in [-0.25, -0.2) is 0 Å². The van der Waals surface area contributed by atoms with Gasteiger partial charge in [0.15, 0.2) is 0 Å². The third kappa shape index (κ3) is 1.49. The Kier molecular flexibility index (Phi) is 2.27. The Balaban J connectivity index is 3.20. The second-order valence-corrected chi connectivity index (χ2v) is 3.07. The first kappa shape index (κ1) is 9.57. The van der Waals surface area contributed by atoms with Crippen molar-refractivity contribution in [3.8, 4) is 0 Å². The monoisotopic (exact) mass is 183 g/mol. The molecule has 1 aromatic rings. The van der Waals surface area contributed by atoms with Crippen LogP contribution in [0.5, 0.6) is 0 Å². The van der Waals surface area contributed by atoms with Crippen LogP contribution in [0.4, 0.5) is 5.69 Å². The van der Waals surface area contributed by atoms with Crippen molar-refractivity contribution in [2.45, 2.75) is 19.8 Å². The fourth-order valence-electron chi connectivity index (χ4n) is 1.32. The number of anilines is 1. The molecule has 0 saturated heterocycles. The molecule has 1 heterocycles. The summed E-state index contributed by atoms with van der Waals surface area (Å²) in [6, 6.07) is 0. The lowest BCUT2D eigenvalue weighted by molar-refractivity contribution is -0.138. The number of aliphatic carboxylic acids is 1. The van der Waals surface area contributed by atoms with Crippen LogP contribution in [0.2, 0.25) is 0 Å². The van der Waals surface area contributed by atoms with Crippen molar-refractivity contribution in [2.75, 3.05) is 5.73 Å². The van der Waals surface area contributed by atoms with Crippen LogP contribution in [0.1, 0.15) is 24.2 Å². The van der Waals surface area contributed by atoms with Crippen LogP contribution in [-0.2, 0) is 11.8 Å². The van der Waals surface area contributed by atoms with E-state index in [0.29, 0.717) is 17.1 Å². The zero-order chi connectivity index (χ0) is 10.2. The zero-order valence-electron chi connectivity index (χ0n) is 7.90. The number of hydrogen-bond acceptors (Lipinski definition) is 3. The van der Waals surface area contributed by atoms with Gasteiger partial charge in [-0.1, -0.05) is 0 Å². The van der Waals surface area contributed by atoms with Gasteiger partial charge in [-0.15, -0.1) is 0 Å². The molecule has 1 aromatic heterocycles. The molecule has 0 saturated carbocycles. The first-order valence-corrected chi connectivity index (χ1v) is 3.97. The van der Waals surface area contributed by atoms with Gasteiger partial charge in [-0.2, -0.15) is 5.10 Å². The maximum Gasteiger partial charge on any atom is 0.312 e. The molecular weight excluding hydrogens is 170 g/mol. The Morgan fingerprint density at radius 1 is 1.69 bits per heavy atom. The molecular formula is C8H13N3O2. The Morgan fingerprint density at radius 3 is 2.54 bits per heavy atom. The minimum atomic E-state index is -0.894. The fourth-order valence-corrected chi connectivity index (χ4v) is 1.32. The fraction of sp³-hybridized carbons (Fsp3) is 0.500. The van der Waals surface area contributed by atoms with E-state index in [9.17, 15) is 4.79 Å². The summed E-state index contributed by atoms with van der Waals surface area (Å²) in [7, 11) is 1.69. The van der Waals surface area contributed by atoms with E-state index in [1.54, 1.807) is 20.9 Å². The molecule has 1 rings (SSSR count). The number of carbonyl (C=O) groups is 1. The quantitative estimate of drug-likeness (QED) is 0.699. The minimum absolute atomic E-state index is 0.470. The second kappa shape index (κ2) is 3.08. The summed E-state index contributed by atoms with van der Waals surface area (Å²) in [6.45, 7) is 3.35. The number of rotatable bonds is 2. The van der Waals surface area contributed by atoms with Crippen LogP contribution in [0.15, 0.2) is 0 Å². The van der Waals surface area contributed by atoms with Gasteiger partial charge in [-0.05, 0) is 13.8 Å². The molecule has 0 bridgehead atoms. The highest BCUT2D eigenvalue weighted by Gasteiger charge is 2.22. The van der Waals surface area contributed by atoms with Crippen molar-refractivity contribution in [3.63, 3.8) is 0 Å². The summed E-state index contributed by atoms with van der Waals surface area (Å²) in [4.78, 5) is 10.7.